The molecule has 3 N–H and O–H groups in total. The van der Waals surface area contributed by atoms with E-state index >= 15 is 0 Å². The van der Waals surface area contributed by atoms with Crippen LogP contribution in [0.3, 0.4) is 0 Å². The van der Waals surface area contributed by atoms with Crippen molar-refractivity contribution in [3.63, 3.8) is 0 Å². The molecule has 0 radical (unpaired) electrons. The zero-order chi connectivity index (χ0) is 13.7. The van der Waals surface area contributed by atoms with Crippen LogP contribution in [-0.2, 0) is 5.75 Å². The monoisotopic (exact) mass is 277 g/mol. The highest BCUT2D eigenvalue weighted by Gasteiger charge is 2.13. The molecule has 19 heavy (non-hydrogen) atoms. The van der Waals surface area contributed by atoms with Gasteiger partial charge in [0.15, 0.2) is 0 Å². The van der Waals surface area contributed by atoms with Gasteiger partial charge in [0.25, 0.3) is 5.69 Å². The summed E-state index contributed by atoms with van der Waals surface area (Å²) < 4.78 is 0. The number of nitro benzene ring substituents is 1. The Hall–Kier alpha value is -2.19. The summed E-state index contributed by atoms with van der Waals surface area (Å²) in [6.45, 7) is 0. The smallest absolute Gasteiger partial charge is 0.293 e. The van der Waals surface area contributed by atoms with E-state index in [2.05, 4.69) is 15.4 Å². The molecule has 0 saturated carbocycles. The molecule has 0 bridgehead atoms. The summed E-state index contributed by atoms with van der Waals surface area (Å²) in [6.07, 6.45) is 3.12. The Morgan fingerprint density at radius 3 is 2.89 bits per heavy atom. The molecule has 1 aromatic heterocycles. The molecule has 2 rings (SSSR count). The second kappa shape index (κ2) is 6.12. The van der Waals surface area contributed by atoms with Crippen LogP contribution in [0.4, 0.5) is 11.4 Å². The van der Waals surface area contributed by atoms with E-state index in [9.17, 15) is 10.1 Å². The Kier molecular flexibility index (Phi) is 4.26. The van der Waals surface area contributed by atoms with Crippen molar-refractivity contribution in [2.45, 2.75) is 10.8 Å². The fourth-order valence-electron chi connectivity index (χ4n) is 1.46. The van der Waals surface area contributed by atoms with E-state index in [0.29, 0.717) is 11.4 Å². The van der Waals surface area contributed by atoms with Crippen LogP contribution >= 0.6 is 11.8 Å². The maximum absolute atomic E-state index is 10.9. The van der Waals surface area contributed by atoms with Crippen LogP contribution in [-0.4, -0.2) is 14.9 Å². The Balaban J connectivity index is 2.13. The Bertz CT molecular complexity index is 579. The highest BCUT2D eigenvalue weighted by molar-refractivity contribution is 7.98. The van der Waals surface area contributed by atoms with Gasteiger partial charge in [0.2, 0.25) is 0 Å². The van der Waals surface area contributed by atoms with E-state index in [1.54, 1.807) is 24.4 Å². The molecule has 0 amide bonds. The maximum Gasteiger partial charge on any atom is 0.293 e. The summed E-state index contributed by atoms with van der Waals surface area (Å²) in [5, 5.41) is 11.7. The van der Waals surface area contributed by atoms with Crippen molar-refractivity contribution in [2.75, 3.05) is 5.43 Å². The third-order valence-electron chi connectivity index (χ3n) is 2.36. The number of nitrogen functional groups attached to an aromatic ring is 1. The third kappa shape index (κ3) is 3.39. The average molecular weight is 277 g/mol. The molecule has 1 heterocycles. The number of nitrogens with one attached hydrogen (secondary N) is 1. The van der Waals surface area contributed by atoms with Gasteiger partial charge >= 0.3 is 0 Å². The molecule has 0 atom stereocenters. The minimum absolute atomic E-state index is 0.0386. The molecule has 8 heteroatoms. The first-order valence-corrected chi connectivity index (χ1v) is 6.32. The summed E-state index contributed by atoms with van der Waals surface area (Å²) in [5.74, 6) is 5.81. The highest BCUT2D eigenvalue weighted by atomic mass is 32.2. The predicted molar refractivity (Wildman–Crippen MR) is 72.5 cm³/mol. The number of benzene rings is 1. The van der Waals surface area contributed by atoms with E-state index in [0.717, 1.165) is 10.6 Å². The van der Waals surface area contributed by atoms with Crippen molar-refractivity contribution in [1.82, 2.24) is 9.97 Å². The lowest BCUT2D eigenvalue weighted by atomic mass is 10.2. The summed E-state index contributed by atoms with van der Waals surface area (Å²) in [6, 6.07) is 6.67. The zero-order valence-electron chi connectivity index (χ0n) is 9.81. The first-order chi connectivity index (χ1) is 9.20. The van der Waals surface area contributed by atoms with E-state index in [1.165, 1.54) is 24.2 Å². The van der Waals surface area contributed by atoms with E-state index in [4.69, 9.17) is 5.84 Å². The number of hydrogen-bond donors (Lipinski definition) is 2. The Labute approximate surface area is 113 Å². The van der Waals surface area contributed by atoms with Crippen LogP contribution in [0.2, 0.25) is 0 Å². The van der Waals surface area contributed by atoms with Crippen LogP contribution < -0.4 is 11.3 Å². The average Bonchev–Trinajstić information content (AvgIpc) is 2.46. The molecule has 1 aromatic carbocycles. The molecule has 0 saturated heterocycles. The van der Waals surface area contributed by atoms with Crippen molar-refractivity contribution in [2.24, 2.45) is 5.84 Å². The number of anilines is 1. The standard InChI is InChI=1S/C11H11N5O2S/c12-15-9-2-1-8(5-10(9)16(17)18)6-19-11-3-4-13-7-14-11/h1-5,7,15H,6,12H2. The number of rotatable bonds is 5. The van der Waals surface area contributed by atoms with E-state index in [-0.39, 0.29) is 5.69 Å². The zero-order valence-corrected chi connectivity index (χ0v) is 10.6. The first kappa shape index (κ1) is 13.2. The largest absolute Gasteiger partial charge is 0.318 e. The molecule has 98 valence electrons. The SMILES string of the molecule is NNc1ccc(CSc2ccncn2)cc1[N+](=O)[O-]. The van der Waals surface area contributed by atoms with Crippen molar-refractivity contribution in [3.8, 4) is 0 Å². The van der Waals surface area contributed by atoms with Gasteiger partial charge in [0.1, 0.15) is 12.0 Å². The van der Waals surface area contributed by atoms with Gasteiger partial charge < -0.3 is 5.43 Å². The number of nitro groups is 1. The molecule has 0 aliphatic carbocycles. The number of hydrogen-bond acceptors (Lipinski definition) is 7. The number of nitrogens with zero attached hydrogens (tertiary/aromatic N) is 3. The molecule has 0 unspecified atom stereocenters. The summed E-state index contributed by atoms with van der Waals surface area (Å²) in [7, 11) is 0. The quantitative estimate of drug-likeness (QED) is 0.283. The molecule has 0 aliphatic rings. The predicted octanol–water partition coefficient (Wildman–Crippen LogP) is 1.96. The number of aromatic nitrogens is 2. The molecular weight excluding hydrogens is 266 g/mol. The molecular formula is C11H11N5O2S. The first-order valence-electron chi connectivity index (χ1n) is 5.33. The van der Waals surface area contributed by atoms with Gasteiger partial charge in [-0.3, -0.25) is 16.0 Å². The Morgan fingerprint density at radius 2 is 2.26 bits per heavy atom. The third-order valence-corrected chi connectivity index (χ3v) is 3.37. The molecule has 0 aliphatic heterocycles. The lowest BCUT2D eigenvalue weighted by Gasteiger charge is -2.05. The van der Waals surface area contributed by atoms with E-state index in [1.807, 2.05) is 0 Å². The second-order valence-electron chi connectivity index (χ2n) is 3.59. The van der Waals surface area contributed by atoms with Gasteiger partial charge in [0, 0.05) is 18.0 Å². The topological polar surface area (TPSA) is 107 Å². The Morgan fingerprint density at radius 1 is 1.42 bits per heavy atom. The lowest BCUT2D eigenvalue weighted by Crippen LogP contribution is -2.09. The van der Waals surface area contributed by atoms with Gasteiger partial charge in [-0.15, -0.1) is 11.8 Å². The van der Waals surface area contributed by atoms with Crippen LogP contribution in [0, 0.1) is 10.1 Å². The number of hydrazine groups is 1. The van der Waals surface area contributed by atoms with Crippen molar-refractivity contribution in [3.05, 3.63) is 52.5 Å². The normalized spacial score (nSPS) is 10.2. The second-order valence-corrected chi connectivity index (χ2v) is 4.58. The summed E-state index contributed by atoms with van der Waals surface area (Å²) >= 11 is 1.48. The number of thioether (sulfide) groups is 1. The fraction of sp³-hybridized carbons (Fsp3) is 0.0909. The van der Waals surface area contributed by atoms with E-state index < -0.39 is 4.92 Å². The van der Waals surface area contributed by atoms with Gasteiger partial charge in [0.05, 0.1) is 9.95 Å². The molecule has 0 fully saturated rings. The summed E-state index contributed by atoms with van der Waals surface area (Å²) in [4.78, 5) is 18.3. The van der Waals surface area contributed by atoms with Gasteiger partial charge in [-0.2, -0.15) is 0 Å². The van der Waals surface area contributed by atoms with Crippen molar-refractivity contribution in [1.29, 1.82) is 0 Å². The minimum Gasteiger partial charge on any atom is -0.318 e. The van der Waals surface area contributed by atoms with Crippen molar-refractivity contribution >= 4 is 23.1 Å². The maximum atomic E-state index is 10.9. The summed E-state index contributed by atoms with van der Waals surface area (Å²) in [5.41, 5.74) is 3.39. The van der Waals surface area contributed by atoms with Crippen LogP contribution in [0.25, 0.3) is 0 Å². The van der Waals surface area contributed by atoms with Gasteiger partial charge in [-0.1, -0.05) is 6.07 Å². The van der Waals surface area contributed by atoms with Crippen LogP contribution in [0.1, 0.15) is 5.56 Å². The number of nitrogens with two attached hydrogens (primary N) is 1. The minimum atomic E-state index is -0.464. The molecule has 2 aromatic rings. The lowest BCUT2D eigenvalue weighted by molar-refractivity contribution is -0.384. The van der Waals surface area contributed by atoms with Crippen molar-refractivity contribution < 1.29 is 4.92 Å². The molecule has 0 spiro atoms. The highest BCUT2D eigenvalue weighted by Crippen LogP contribution is 2.28. The molecule has 7 nitrogen and oxygen atoms in total. The van der Waals surface area contributed by atoms with Gasteiger partial charge in [-0.25, -0.2) is 9.97 Å². The van der Waals surface area contributed by atoms with Crippen LogP contribution in [0.5, 0.6) is 0 Å². The van der Waals surface area contributed by atoms with Crippen LogP contribution in [0.15, 0.2) is 41.8 Å². The van der Waals surface area contributed by atoms with Gasteiger partial charge in [-0.05, 0) is 17.7 Å². The fourth-order valence-corrected chi connectivity index (χ4v) is 2.23.